The van der Waals surface area contributed by atoms with Crippen molar-refractivity contribution in [3.05, 3.63) is 0 Å². The monoisotopic (exact) mass is 375 g/mol. The predicted molar refractivity (Wildman–Crippen MR) is 94.9 cm³/mol. The lowest BCUT2D eigenvalue weighted by molar-refractivity contribution is -0.253. The number of carbonyl (C=O) groups is 1. The van der Waals surface area contributed by atoms with Gasteiger partial charge in [-0.25, -0.2) is 0 Å². The van der Waals surface area contributed by atoms with Crippen molar-refractivity contribution in [2.24, 2.45) is 17.2 Å². The molecule has 1 saturated carbocycles. The van der Waals surface area contributed by atoms with Crippen LogP contribution in [0.1, 0.15) is 19.3 Å². The number of likely N-dealkylation sites (N-methyl/N-ethyl adjacent to an activating group) is 2. The lowest BCUT2D eigenvalue weighted by Gasteiger charge is -2.47. The summed E-state index contributed by atoms with van der Waals surface area (Å²) in [5.74, 6) is -0.387. The molecular formula is C16H33N5O5. The van der Waals surface area contributed by atoms with Crippen molar-refractivity contribution in [2.45, 2.75) is 68.1 Å². The van der Waals surface area contributed by atoms with Crippen molar-refractivity contribution in [1.29, 1.82) is 0 Å². The average Bonchev–Trinajstić information content (AvgIpc) is 2.60. The fourth-order valence-electron chi connectivity index (χ4n) is 3.75. The second-order valence-corrected chi connectivity index (χ2v) is 7.18. The quantitative estimate of drug-likeness (QED) is 0.278. The van der Waals surface area contributed by atoms with E-state index in [0.29, 0.717) is 6.54 Å². The van der Waals surface area contributed by atoms with Crippen LogP contribution in [0.25, 0.3) is 0 Å². The van der Waals surface area contributed by atoms with Crippen LogP contribution >= 0.6 is 0 Å². The van der Waals surface area contributed by atoms with Gasteiger partial charge in [-0.15, -0.1) is 0 Å². The number of hydrogen-bond acceptors (Lipinski definition) is 9. The molecule has 1 amide bonds. The van der Waals surface area contributed by atoms with Crippen LogP contribution in [0.5, 0.6) is 0 Å². The molecule has 9 N–H and O–H groups in total. The normalized spacial score (nSPS) is 41.0. The lowest BCUT2D eigenvalue weighted by Crippen LogP contribution is -2.66. The zero-order valence-electron chi connectivity index (χ0n) is 15.5. The number of rotatable bonds is 6. The van der Waals surface area contributed by atoms with E-state index in [1.807, 2.05) is 7.05 Å². The van der Waals surface area contributed by atoms with Gasteiger partial charge >= 0.3 is 0 Å². The predicted octanol–water partition coefficient (Wildman–Crippen LogP) is -3.34. The third-order valence-electron chi connectivity index (χ3n) is 5.25. The highest BCUT2D eigenvalue weighted by molar-refractivity contribution is 5.78. The Morgan fingerprint density at radius 2 is 2.00 bits per heavy atom. The summed E-state index contributed by atoms with van der Waals surface area (Å²) in [6.07, 6.45) is -2.00. The van der Waals surface area contributed by atoms with E-state index >= 15 is 0 Å². The molecule has 1 aliphatic carbocycles. The summed E-state index contributed by atoms with van der Waals surface area (Å²) in [5, 5.41) is 24.1. The molecule has 2 fully saturated rings. The second-order valence-electron chi connectivity index (χ2n) is 7.18. The van der Waals surface area contributed by atoms with Gasteiger partial charge in [0.15, 0.2) is 6.29 Å². The third kappa shape index (κ3) is 4.70. The van der Waals surface area contributed by atoms with Gasteiger partial charge in [-0.2, -0.15) is 0 Å². The van der Waals surface area contributed by atoms with Gasteiger partial charge in [0, 0.05) is 19.6 Å². The molecule has 10 nitrogen and oxygen atoms in total. The van der Waals surface area contributed by atoms with Gasteiger partial charge in [0.25, 0.3) is 0 Å². The van der Waals surface area contributed by atoms with Gasteiger partial charge in [0.05, 0.1) is 30.8 Å². The zero-order chi connectivity index (χ0) is 19.4. The molecule has 1 saturated heterocycles. The van der Waals surface area contributed by atoms with Crippen molar-refractivity contribution in [1.82, 2.24) is 10.2 Å². The number of hydrogen-bond donors (Lipinski definition) is 6. The summed E-state index contributed by atoms with van der Waals surface area (Å²) < 4.78 is 11.8. The van der Waals surface area contributed by atoms with Crippen molar-refractivity contribution in [3.63, 3.8) is 0 Å². The minimum Gasteiger partial charge on any atom is -0.391 e. The van der Waals surface area contributed by atoms with E-state index in [9.17, 15) is 15.0 Å². The number of nitrogens with two attached hydrogens (primary N) is 3. The van der Waals surface area contributed by atoms with E-state index < -0.39 is 36.7 Å². The van der Waals surface area contributed by atoms with Crippen LogP contribution in [0.3, 0.4) is 0 Å². The maximum atomic E-state index is 11.9. The molecule has 1 heterocycles. The molecule has 1 aliphatic heterocycles. The number of nitrogens with zero attached hydrogens (tertiary/aromatic N) is 1. The molecule has 0 aromatic carbocycles. The van der Waals surface area contributed by atoms with Gasteiger partial charge in [-0.1, -0.05) is 0 Å². The van der Waals surface area contributed by atoms with Gasteiger partial charge in [-0.05, 0) is 26.3 Å². The molecule has 0 aromatic heterocycles. The third-order valence-corrected chi connectivity index (χ3v) is 5.25. The SMILES string of the molecule is CNCC1CCC(N)C(OC2C(N)CC(O)C(N(C)C(=O)CN)C2O)O1. The highest BCUT2D eigenvalue weighted by Gasteiger charge is 2.47. The van der Waals surface area contributed by atoms with E-state index in [4.69, 9.17) is 26.7 Å². The Morgan fingerprint density at radius 3 is 2.62 bits per heavy atom. The number of amides is 1. The van der Waals surface area contributed by atoms with Crippen LogP contribution < -0.4 is 22.5 Å². The van der Waals surface area contributed by atoms with Gasteiger partial charge < -0.3 is 47.1 Å². The Labute approximate surface area is 154 Å². The van der Waals surface area contributed by atoms with Crippen LogP contribution in [0.2, 0.25) is 0 Å². The smallest absolute Gasteiger partial charge is 0.236 e. The van der Waals surface area contributed by atoms with E-state index in [1.54, 1.807) is 0 Å². The number of carbonyl (C=O) groups excluding carboxylic acids is 1. The van der Waals surface area contributed by atoms with Crippen molar-refractivity contribution in [2.75, 3.05) is 27.2 Å². The number of ether oxygens (including phenoxy) is 2. The first-order valence-corrected chi connectivity index (χ1v) is 9.08. The van der Waals surface area contributed by atoms with E-state index in [1.165, 1.54) is 11.9 Å². The largest absolute Gasteiger partial charge is 0.391 e. The van der Waals surface area contributed by atoms with Gasteiger partial charge in [0.1, 0.15) is 12.2 Å². The van der Waals surface area contributed by atoms with E-state index in [0.717, 1.165) is 12.8 Å². The number of aliphatic hydroxyl groups excluding tert-OH is 2. The summed E-state index contributed by atoms with van der Waals surface area (Å²) in [4.78, 5) is 13.2. The second kappa shape index (κ2) is 9.38. The Bertz CT molecular complexity index is 470. The van der Waals surface area contributed by atoms with Crippen LogP contribution in [-0.4, -0.2) is 97.0 Å². The molecule has 10 heteroatoms. The zero-order valence-corrected chi connectivity index (χ0v) is 15.5. The number of aliphatic hydroxyl groups is 2. The van der Waals surface area contributed by atoms with Crippen LogP contribution in [0.4, 0.5) is 0 Å². The molecule has 0 aromatic rings. The summed E-state index contributed by atoms with van der Waals surface area (Å²) >= 11 is 0. The highest BCUT2D eigenvalue weighted by Crippen LogP contribution is 2.29. The molecule has 152 valence electrons. The first-order chi connectivity index (χ1) is 12.3. The lowest BCUT2D eigenvalue weighted by atomic mass is 9.83. The number of nitrogens with one attached hydrogen (secondary N) is 1. The summed E-state index contributed by atoms with van der Waals surface area (Å²) in [7, 11) is 3.33. The van der Waals surface area contributed by atoms with Gasteiger partial charge in [0.2, 0.25) is 5.91 Å². The molecule has 8 atom stereocenters. The van der Waals surface area contributed by atoms with Crippen LogP contribution in [-0.2, 0) is 14.3 Å². The Morgan fingerprint density at radius 1 is 1.31 bits per heavy atom. The minimum absolute atomic E-state index is 0.0374. The maximum absolute atomic E-state index is 11.9. The van der Waals surface area contributed by atoms with Crippen molar-refractivity contribution in [3.8, 4) is 0 Å². The van der Waals surface area contributed by atoms with Crippen molar-refractivity contribution < 1.29 is 24.5 Å². The molecule has 0 bridgehead atoms. The summed E-state index contributed by atoms with van der Waals surface area (Å²) in [5.41, 5.74) is 17.6. The Hall–Kier alpha value is -0.850. The first kappa shape index (κ1) is 21.5. The summed E-state index contributed by atoms with van der Waals surface area (Å²) in [6, 6.07) is -1.81. The standard InChI is InChI=1S/C16H33N5O5/c1-20-7-8-3-4-9(18)16(25-8)26-15-10(19)5-11(22)13(14(15)24)21(2)12(23)6-17/h8-11,13-16,20,22,24H,3-7,17-19H2,1-2H3. The fourth-order valence-corrected chi connectivity index (χ4v) is 3.75. The Kier molecular flexibility index (Phi) is 7.74. The summed E-state index contributed by atoms with van der Waals surface area (Å²) in [6.45, 7) is 0.452. The molecule has 8 unspecified atom stereocenters. The minimum atomic E-state index is -1.19. The average molecular weight is 375 g/mol. The van der Waals surface area contributed by atoms with Crippen LogP contribution in [0, 0.1) is 0 Å². The highest BCUT2D eigenvalue weighted by atomic mass is 16.7. The molecule has 26 heavy (non-hydrogen) atoms. The topological polar surface area (TPSA) is 169 Å². The molecule has 2 rings (SSSR count). The first-order valence-electron chi connectivity index (χ1n) is 9.08. The van der Waals surface area contributed by atoms with Crippen LogP contribution in [0.15, 0.2) is 0 Å². The van der Waals surface area contributed by atoms with E-state index in [2.05, 4.69) is 5.32 Å². The van der Waals surface area contributed by atoms with E-state index in [-0.39, 0.29) is 31.0 Å². The molecule has 0 radical (unpaired) electrons. The molecule has 0 spiro atoms. The van der Waals surface area contributed by atoms with Crippen molar-refractivity contribution >= 4 is 5.91 Å². The molecule has 2 aliphatic rings. The fraction of sp³-hybridized carbons (Fsp3) is 0.938. The molecular weight excluding hydrogens is 342 g/mol. The van der Waals surface area contributed by atoms with Gasteiger partial charge in [-0.3, -0.25) is 4.79 Å². The Balaban J connectivity index is 2.09. The maximum Gasteiger partial charge on any atom is 0.236 e.